The standard InChI is InChI=1S/C17H20F2N2O4/c1-20(15(22)8-12-2-3-13(18)9-14(12)19)10-16(23)21-6-4-11(5-7-21)17(24)25/h2-3,9,11H,4-8,10H2,1H3,(H,24,25). The Bertz CT molecular complexity index is 673. The number of carbonyl (C=O) groups is 3. The number of benzene rings is 1. The molecule has 25 heavy (non-hydrogen) atoms. The Hall–Kier alpha value is -2.51. The number of piperidine rings is 1. The molecule has 1 aromatic carbocycles. The molecule has 1 heterocycles. The normalized spacial score (nSPS) is 15.1. The molecule has 0 aliphatic carbocycles. The quantitative estimate of drug-likeness (QED) is 0.864. The molecule has 0 aromatic heterocycles. The van der Waals surface area contributed by atoms with Crippen molar-refractivity contribution in [3.8, 4) is 0 Å². The number of hydrogen-bond acceptors (Lipinski definition) is 3. The van der Waals surface area contributed by atoms with Crippen LogP contribution in [0.3, 0.4) is 0 Å². The molecule has 0 saturated carbocycles. The molecule has 1 aliphatic rings. The third-order valence-corrected chi connectivity index (χ3v) is 4.35. The lowest BCUT2D eigenvalue weighted by atomic mass is 9.97. The van der Waals surface area contributed by atoms with E-state index in [4.69, 9.17) is 5.11 Å². The molecule has 1 aromatic rings. The number of hydrogen-bond donors (Lipinski definition) is 1. The first-order valence-electron chi connectivity index (χ1n) is 7.96. The van der Waals surface area contributed by atoms with E-state index >= 15 is 0 Å². The van der Waals surface area contributed by atoms with Crippen molar-refractivity contribution in [1.82, 2.24) is 9.80 Å². The summed E-state index contributed by atoms with van der Waals surface area (Å²) in [5.74, 6) is -3.56. The van der Waals surface area contributed by atoms with Crippen LogP contribution in [-0.2, 0) is 20.8 Å². The highest BCUT2D eigenvalue weighted by Crippen LogP contribution is 2.17. The monoisotopic (exact) mass is 354 g/mol. The van der Waals surface area contributed by atoms with Crippen LogP contribution >= 0.6 is 0 Å². The minimum Gasteiger partial charge on any atom is -0.481 e. The summed E-state index contributed by atoms with van der Waals surface area (Å²) in [6.07, 6.45) is 0.510. The minimum absolute atomic E-state index is 0.0629. The molecule has 1 fully saturated rings. The van der Waals surface area contributed by atoms with E-state index in [1.165, 1.54) is 22.9 Å². The summed E-state index contributed by atoms with van der Waals surface area (Å²) in [6.45, 7) is 0.508. The van der Waals surface area contributed by atoms with E-state index in [0.717, 1.165) is 6.07 Å². The minimum atomic E-state index is -0.860. The Balaban J connectivity index is 1.86. The summed E-state index contributed by atoms with van der Waals surface area (Å²) < 4.78 is 26.5. The van der Waals surface area contributed by atoms with Crippen molar-refractivity contribution in [3.63, 3.8) is 0 Å². The van der Waals surface area contributed by atoms with E-state index < -0.39 is 29.4 Å². The first-order chi connectivity index (χ1) is 11.8. The van der Waals surface area contributed by atoms with Gasteiger partial charge in [0.15, 0.2) is 0 Å². The first kappa shape index (κ1) is 18.8. The Labute approximate surface area is 144 Å². The fraction of sp³-hybridized carbons (Fsp3) is 0.471. The molecule has 0 bridgehead atoms. The number of amides is 2. The third-order valence-electron chi connectivity index (χ3n) is 4.35. The van der Waals surface area contributed by atoms with E-state index in [1.54, 1.807) is 0 Å². The lowest BCUT2D eigenvalue weighted by Gasteiger charge is -2.31. The van der Waals surface area contributed by atoms with E-state index in [1.807, 2.05) is 0 Å². The maximum Gasteiger partial charge on any atom is 0.306 e. The average Bonchev–Trinajstić information content (AvgIpc) is 2.57. The number of rotatable bonds is 5. The molecule has 1 aliphatic heterocycles. The van der Waals surface area contributed by atoms with Crippen LogP contribution in [0, 0.1) is 17.6 Å². The van der Waals surface area contributed by atoms with Crippen molar-refractivity contribution in [2.75, 3.05) is 26.7 Å². The van der Waals surface area contributed by atoms with Crippen LogP contribution in [0.1, 0.15) is 18.4 Å². The molecule has 2 rings (SSSR count). The molecule has 0 spiro atoms. The molecule has 1 saturated heterocycles. The molecule has 1 N–H and O–H groups in total. The molecule has 0 radical (unpaired) electrons. The number of halogens is 2. The third kappa shape index (κ3) is 4.98. The van der Waals surface area contributed by atoms with Crippen LogP contribution in [0.2, 0.25) is 0 Å². The van der Waals surface area contributed by atoms with Gasteiger partial charge in [-0.25, -0.2) is 8.78 Å². The highest BCUT2D eigenvalue weighted by molar-refractivity contribution is 5.86. The number of aliphatic carboxylic acids is 1. The van der Waals surface area contributed by atoms with Gasteiger partial charge in [0, 0.05) is 26.2 Å². The van der Waals surface area contributed by atoms with E-state index in [2.05, 4.69) is 0 Å². The van der Waals surface area contributed by atoms with Gasteiger partial charge in [0.05, 0.1) is 18.9 Å². The second kappa shape index (κ2) is 8.04. The van der Waals surface area contributed by atoms with Gasteiger partial charge in [-0.3, -0.25) is 14.4 Å². The topological polar surface area (TPSA) is 77.9 Å². The Kier molecular flexibility index (Phi) is 6.06. The van der Waals surface area contributed by atoms with Gasteiger partial charge in [0.1, 0.15) is 11.6 Å². The van der Waals surface area contributed by atoms with Gasteiger partial charge in [0.25, 0.3) is 0 Å². The van der Waals surface area contributed by atoms with Gasteiger partial charge in [0.2, 0.25) is 11.8 Å². The fourth-order valence-corrected chi connectivity index (χ4v) is 2.73. The van der Waals surface area contributed by atoms with Crippen LogP contribution in [-0.4, -0.2) is 59.4 Å². The maximum atomic E-state index is 13.6. The highest BCUT2D eigenvalue weighted by Gasteiger charge is 2.28. The summed E-state index contributed by atoms with van der Waals surface area (Å²) in [4.78, 5) is 38.0. The number of carboxylic acid groups (broad SMARTS) is 1. The zero-order valence-electron chi connectivity index (χ0n) is 13.9. The molecule has 136 valence electrons. The first-order valence-corrected chi connectivity index (χ1v) is 7.96. The Morgan fingerprint density at radius 1 is 1.24 bits per heavy atom. The van der Waals surface area contributed by atoms with Gasteiger partial charge in [-0.15, -0.1) is 0 Å². The predicted molar refractivity (Wildman–Crippen MR) is 84.6 cm³/mol. The van der Waals surface area contributed by atoms with Gasteiger partial charge in [-0.2, -0.15) is 0 Å². The average molecular weight is 354 g/mol. The lowest BCUT2D eigenvalue weighted by Crippen LogP contribution is -2.45. The van der Waals surface area contributed by atoms with Crippen molar-refractivity contribution in [2.24, 2.45) is 5.92 Å². The summed E-state index contributed by atoms with van der Waals surface area (Å²) in [6, 6.07) is 2.98. The largest absolute Gasteiger partial charge is 0.481 e. The predicted octanol–water partition coefficient (Wildman–Crippen LogP) is 1.29. The number of likely N-dealkylation sites (tertiary alicyclic amines) is 1. The second-order valence-electron chi connectivity index (χ2n) is 6.16. The smallest absolute Gasteiger partial charge is 0.306 e. The van der Waals surface area contributed by atoms with Gasteiger partial charge in [-0.1, -0.05) is 6.07 Å². The van der Waals surface area contributed by atoms with Crippen LogP contribution < -0.4 is 0 Å². The van der Waals surface area contributed by atoms with Crippen LogP contribution in [0.4, 0.5) is 8.78 Å². The van der Waals surface area contributed by atoms with Crippen molar-refractivity contribution in [2.45, 2.75) is 19.3 Å². The zero-order valence-corrected chi connectivity index (χ0v) is 13.9. The number of carboxylic acids is 1. The molecule has 6 nitrogen and oxygen atoms in total. The lowest BCUT2D eigenvalue weighted by molar-refractivity contribution is -0.146. The molecular weight excluding hydrogens is 334 g/mol. The molecule has 2 amide bonds. The van der Waals surface area contributed by atoms with Gasteiger partial charge >= 0.3 is 5.97 Å². The highest BCUT2D eigenvalue weighted by atomic mass is 19.1. The van der Waals surface area contributed by atoms with Crippen LogP contribution in [0.25, 0.3) is 0 Å². The molecule has 0 atom stereocenters. The summed E-state index contributed by atoms with van der Waals surface area (Å²) in [7, 11) is 1.44. The number of carbonyl (C=O) groups excluding carboxylic acids is 2. The van der Waals surface area contributed by atoms with Crippen molar-refractivity contribution in [1.29, 1.82) is 0 Å². The van der Waals surface area contributed by atoms with E-state index in [9.17, 15) is 23.2 Å². The van der Waals surface area contributed by atoms with Crippen LogP contribution in [0.15, 0.2) is 18.2 Å². The summed E-state index contributed by atoms with van der Waals surface area (Å²) in [5.41, 5.74) is 0.0629. The van der Waals surface area contributed by atoms with E-state index in [-0.39, 0.29) is 24.4 Å². The number of nitrogens with zero attached hydrogens (tertiary/aromatic N) is 2. The Morgan fingerprint density at radius 3 is 2.44 bits per heavy atom. The number of likely N-dealkylation sites (N-methyl/N-ethyl adjacent to an activating group) is 1. The van der Waals surface area contributed by atoms with Gasteiger partial charge in [-0.05, 0) is 24.5 Å². The molecular formula is C17H20F2N2O4. The van der Waals surface area contributed by atoms with Crippen LogP contribution in [0.5, 0.6) is 0 Å². The summed E-state index contributed by atoms with van der Waals surface area (Å²) in [5, 5.41) is 8.95. The summed E-state index contributed by atoms with van der Waals surface area (Å²) >= 11 is 0. The van der Waals surface area contributed by atoms with Gasteiger partial charge < -0.3 is 14.9 Å². The fourth-order valence-electron chi connectivity index (χ4n) is 2.73. The van der Waals surface area contributed by atoms with Crippen molar-refractivity contribution < 1.29 is 28.3 Å². The van der Waals surface area contributed by atoms with Crippen molar-refractivity contribution in [3.05, 3.63) is 35.4 Å². The molecule has 8 heteroatoms. The zero-order chi connectivity index (χ0) is 18.6. The SMILES string of the molecule is CN(CC(=O)N1CCC(C(=O)O)CC1)C(=O)Cc1ccc(F)cc1F. The second-order valence-corrected chi connectivity index (χ2v) is 6.16. The maximum absolute atomic E-state index is 13.6. The van der Waals surface area contributed by atoms with E-state index in [0.29, 0.717) is 32.0 Å². The van der Waals surface area contributed by atoms with Crippen molar-refractivity contribution >= 4 is 17.8 Å². The molecule has 0 unspecified atom stereocenters. The Morgan fingerprint density at radius 2 is 1.88 bits per heavy atom.